The van der Waals surface area contributed by atoms with Crippen LogP contribution in [0.25, 0.3) is 0 Å². The number of hydrogen-bond donors (Lipinski definition) is 0. The third-order valence-electron chi connectivity index (χ3n) is 7.24. The summed E-state index contributed by atoms with van der Waals surface area (Å²) in [6.07, 6.45) is 4.06. The van der Waals surface area contributed by atoms with Gasteiger partial charge >= 0.3 is 0 Å². The monoisotopic (exact) mass is 607 g/mol. The largest absolute Gasteiger partial charge is 0.457 e. The number of ether oxygens (including phenoxy) is 1. The van der Waals surface area contributed by atoms with Crippen molar-refractivity contribution < 1.29 is 28.8 Å². The first-order valence-corrected chi connectivity index (χ1v) is 13.7. The Bertz CT molecular complexity index is 1620. The van der Waals surface area contributed by atoms with E-state index in [0.717, 1.165) is 10.0 Å². The zero-order chi connectivity index (χ0) is 30.1. The van der Waals surface area contributed by atoms with Gasteiger partial charge in [0.1, 0.15) is 18.0 Å². The lowest BCUT2D eigenvalue weighted by Crippen LogP contribution is -2.52. The molecule has 10 nitrogen and oxygen atoms in total. The number of fused-ring (bicyclic) bond motifs is 1. The van der Waals surface area contributed by atoms with Crippen LogP contribution in [0, 0.1) is 27.9 Å². The fourth-order valence-corrected chi connectivity index (χ4v) is 5.60. The summed E-state index contributed by atoms with van der Waals surface area (Å²) in [6.45, 7) is 1.22. The molecule has 1 heterocycles. The first-order chi connectivity index (χ1) is 20.0. The molecule has 1 aliphatic heterocycles. The van der Waals surface area contributed by atoms with Crippen LogP contribution in [0.3, 0.4) is 0 Å². The number of nitrogens with zero attached hydrogens (tertiary/aromatic N) is 3. The SMILES string of the molecule is C[C@@H]1C=CC[C@H]2C(=O)N(N(CC(=O)c3ccc(Oc4ccc([N+](=O)[O-])cc4)cc3)C(=O)c3ccc(Cl)cc3Cl)C(=O)[C@H]12. The second-order valence-electron chi connectivity index (χ2n) is 9.93. The van der Waals surface area contributed by atoms with Gasteiger partial charge in [-0.3, -0.25) is 29.3 Å². The first kappa shape index (κ1) is 29.0. The smallest absolute Gasteiger partial charge is 0.274 e. The molecule has 0 unspecified atom stereocenters. The number of rotatable bonds is 8. The molecule has 3 atom stereocenters. The summed E-state index contributed by atoms with van der Waals surface area (Å²) in [5.74, 6) is -3.26. The minimum absolute atomic E-state index is 0.00393. The van der Waals surface area contributed by atoms with Crippen LogP contribution in [0.2, 0.25) is 10.0 Å². The lowest BCUT2D eigenvalue weighted by Gasteiger charge is -2.30. The molecule has 0 N–H and O–H groups in total. The molecule has 0 radical (unpaired) electrons. The zero-order valence-corrected chi connectivity index (χ0v) is 23.6. The fourth-order valence-electron chi connectivity index (χ4n) is 5.11. The summed E-state index contributed by atoms with van der Waals surface area (Å²) in [6, 6.07) is 15.7. The van der Waals surface area contributed by atoms with Gasteiger partial charge < -0.3 is 4.74 Å². The molecule has 1 fully saturated rings. The van der Waals surface area contributed by atoms with E-state index in [9.17, 15) is 29.3 Å². The highest BCUT2D eigenvalue weighted by Crippen LogP contribution is 2.39. The Kier molecular flexibility index (Phi) is 8.11. The summed E-state index contributed by atoms with van der Waals surface area (Å²) in [4.78, 5) is 64.5. The number of amides is 3. The molecule has 5 rings (SSSR count). The van der Waals surface area contributed by atoms with Crippen molar-refractivity contribution in [2.24, 2.45) is 17.8 Å². The second-order valence-corrected chi connectivity index (χ2v) is 10.8. The highest BCUT2D eigenvalue weighted by Gasteiger charge is 2.53. The Hall–Kier alpha value is -4.54. The van der Waals surface area contributed by atoms with Crippen LogP contribution in [0.1, 0.15) is 34.1 Å². The normalized spacial score (nSPS) is 19.4. The summed E-state index contributed by atoms with van der Waals surface area (Å²) in [5, 5.41) is 12.8. The molecule has 2 aliphatic rings. The minimum Gasteiger partial charge on any atom is -0.457 e. The van der Waals surface area contributed by atoms with E-state index in [2.05, 4.69) is 0 Å². The van der Waals surface area contributed by atoms with Crippen LogP contribution < -0.4 is 4.74 Å². The molecule has 3 amide bonds. The van der Waals surface area contributed by atoms with Gasteiger partial charge in [-0.1, -0.05) is 42.3 Å². The van der Waals surface area contributed by atoms with Crippen LogP contribution in [-0.4, -0.2) is 45.0 Å². The number of ketones is 1. The van der Waals surface area contributed by atoms with Crippen LogP contribution in [0.4, 0.5) is 5.69 Å². The number of carbonyl (C=O) groups is 4. The van der Waals surface area contributed by atoms with Crippen LogP contribution in [0.15, 0.2) is 78.9 Å². The number of halogens is 2. The van der Waals surface area contributed by atoms with E-state index in [-0.39, 0.29) is 32.8 Å². The molecule has 1 aliphatic carbocycles. The summed E-state index contributed by atoms with van der Waals surface area (Å²) in [5.41, 5.74) is 0.0854. The molecule has 0 saturated carbocycles. The van der Waals surface area contributed by atoms with Crippen LogP contribution in [-0.2, 0) is 9.59 Å². The number of allylic oxidation sites excluding steroid dienone is 2. The van der Waals surface area contributed by atoms with E-state index < -0.39 is 46.8 Å². The van der Waals surface area contributed by atoms with Crippen molar-refractivity contribution in [1.82, 2.24) is 10.0 Å². The van der Waals surface area contributed by atoms with Gasteiger partial charge in [-0.25, -0.2) is 5.01 Å². The number of carbonyl (C=O) groups excluding carboxylic acids is 4. The van der Waals surface area contributed by atoms with Crippen molar-refractivity contribution in [1.29, 1.82) is 0 Å². The molecule has 0 bridgehead atoms. The minimum atomic E-state index is -0.802. The number of hydrazine groups is 1. The van der Waals surface area contributed by atoms with Gasteiger partial charge in [-0.15, -0.1) is 0 Å². The van der Waals surface area contributed by atoms with Crippen molar-refractivity contribution in [3.05, 3.63) is 110 Å². The van der Waals surface area contributed by atoms with E-state index in [1.807, 2.05) is 19.1 Å². The lowest BCUT2D eigenvalue weighted by molar-refractivity contribution is -0.384. The summed E-state index contributed by atoms with van der Waals surface area (Å²) < 4.78 is 5.69. The maximum absolute atomic E-state index is 13.8. The summed E-state index contributed by atoms with van der Waals surface area (Å²) >= 11 is 12.3. The number of hydrogen-bond acceptors (Lipinski definition) is 7. The maximum Gasteiger partial charge on any atom is 0.274 e. The molecule has 0 aromatic heterocycles. The predicted octanol–water partition coefficient (Wildman–Crippen LogP) is 6.13. The van der Waals surface area contributed by atoms with Crippen LogP contribution in [0.5, 0.6) is 11.5 Å². The lowest BCUT2D eigenvalue weighted by atomic mass is 9.78. The highest BCUT2D eigenvalue weighted by atomic mass is 35.5. The van der Waals surface area contributed by atoms with Crippen molar-refractivity contribution >= 4 is 52.4 Å². The number of nitro groups is 1. The van der Waals surface area contributed by atoms with Crippen molar-refractivity contribution in [2.45, 2.75) is 13.3 Å². The van der Waals surface area contributed by atoms with Gasteiger partial charge in [0.05, 0.1) is 27.3 Å². The van der Waals surface area contributed by atoms with Gasteiger partial charge in [0, 0.05) is 22.7 Å². The third kappa shape index (κ3) is 5.63. The van der Waals surface area contributed by atoms with Gasteiger partial charge in [0.2, 0.25) is 0 Å². The fraction of sp³-hybridized carbons (Fsp3) is 0.200. The molecular weight excluding hydrogens is 585 g/mol. The highest BCUT2D eigenvalue weighted by molar-refractivity contribution is 6.36. The van der Waals surface area contributed by atoms with Gasteiger partial charge in [0.25, 0.3) is 23.4 Å². The topological polar surface area (TPSA) is 127 Å². The quantitative estimate of drug-likeness (QED) is 0.0990. The molecule has 3 aromatic carbocycles. The molecule has 214 valence electrons. The van der Waals surface area contributed by atoms with E-state index in [1.165, 1.54) is 66.7 Å². The number of benzene rings is 3. The summed E-state index contributed by atoms with van der Waals surface area (Å²) in [7, 11) is 0. The molecule has 1 saturated heterocycles. The van der Waals surface area contributed by atoms with Gasteiger partial charge in [0.15, 0.2) is 5.78 Å². The van der Waals surface area contributed by atoms with Crippen molar-refractivity contribution in [3.8, 4) is 11.5 Å². The third-order valence-corrected chi connectivity index (χ3v) is 7.79. The second kappa shape index (κ2) is 11.8. The number of non-ortho nitro benzene ring substituents is 1. The van der Waals surface area contributed by atoms with E-state index >= 15 is 0 Å². The Morgan fingerprint density at radius 1 is 1.00 bits per heavy atom. The molecule has 12 heteroatoms. The number of nitro benzene ring substituents is 1. The first-order valence-electron chi connectivity index (χ1n) is 12.9. The Morgan fingerprint density at radius 3 is 2.24 bits per heavy atom. The Labute approximate surface area is 250 Å². The standard InChI is InChI=1S/C30H23Cl2N3O7/c1-17-3-2-4-24-27(17)30(39)34(29(24)38)33(28(37)23-14-7-19(31)15-25(23)32)16-26(36)18-5-10-21(11-6-18)42-22-12-8-20(9-13-22)35(40)41/h2-3,5-15,17,24,27H,4,16H2,1H3/t17-,24-,27-/m1/s1. The van der Waals surface area contributed by atoms with E-state index in [1.54, 1.807) is 0 Å². The number of imide groups is 1. The Morgan fingerprint density at radius 2 is 1.64 bits per heavy atom. The van der Waals surface area contributed by atoms with Crippen molar-refractivity contribution in [2.75, 3.05) is 6.54 Å². The van der Waals surface area contributed by atoms with Crippen LogP contribution >= 0.6 is 23.2 Å². The zero-order valence-electron chi connectivity index (χ0n) is 22.1. The predicted molar refractivity (Wildman–Crippen MR) is 153 cm³/mol. The molecule has 42 heavy (non-hydrogen) atoms. The van der Waals surface area contributed by atoms with Gasteiger partial charge in [-0.05, 0) is 66.9 Å². The Balaban J connectivity index is 1.40. The maximum atomic E-state index is 13.8. The van der Waals surface area contributed by atoms with Gasteiger partial charge in [-0.2, -0.15) is 5.01 Å². The average Bonchev–Trinajstić information content (AvgIpc) is 3.22. The van der Waals surface area contributed by atoms with E-state index in [0.29, 0.717) is 17.9 Å². The average molecular weight is 608 g/mol. The molecule has 0 spiro atoms. The molecular formula is C30H23Cl2N3O7. The number of Topliss-reactive ketones (excluding diaryl/α,β-unsaturated/α-hetero) is 1. The molecule has 3 aromatic rings. The van der Waals surface area contributed by atoms with E-state index in [4.69, 9.17) is 27.9 Å². The van der Waals surface area contributed by atoms with Crippen molar-refractivity contribution in [3.63, 3.8) is 0 Å².